The zero-order valence-corrected chi connectivity index (χ0v) is 13.2. The molecule has 1 aromatic rings. The summed E-state index contributed by atoms with van der Waals surface area (Å²) in [6.07, 6.45) is 2.97. The predicted molar refractivity (Wildman–Crippen MR) is 85.2 cm³/mol. The summed E-state index contributed by atoms with van der Waals surface area (Å²) in [6.45, 7) is 6.15. The average Bonchev–Trinajstić information content (AvgIpc) is 3.19. The van der Waals surface area contributed by atoms with Gasteiger partial charge in [0, 0.05) is 32.6 Å². The van der Waals surface area contributed by atoms with Crippen LogP contribution in [0.25, 0.3) is 0 Å². The Morgan fingerprint density at radius 2 is 1.86 bits per heavy atom. The van der Waals surface area contributed by atoms with E-state index < -0.39 is 0 Å². The Bertz CT molecular complexity index is 493. The van der Waals surface area contributed by atoms with Crippen molar-refractivity contribution < 1.29 is 4.79 Å². The summed E-state index contributed by atoms with van der Waals surface area (Å²) in [4.78, 5) is 16.7. The summed E-state index contributed by atoms with van der Waals surface area (Å²) in [7, 11) is 2.12. The first kappa shape index (κ1) is 14.6. The van der Waals surface area contributed by atoms with Crippen molar-refractivity contribution >= 4 is 5.91 Å². The van der Waals surface area contributed by atoms with Crippen molar-refractivity contribution in [2.75, 3.05) is 33.2 Å². The summed E-state index contributed by atoms with van der Waals surface area (Å²) < 4.78 is 0. The number of likely N-dealkylation sites (N-methyl/N-ethyl adjacent to an activating group) is 1. The monoisotopic (exact) mass is 286 g/mol. The zero-order valence-electron chi connectivity index (χ0n) is 13.2. The van der Waals surface area contributed by atoms with Gasteiger partial charge in [0.15, 0.2) is 0 Å². The van der Waals surface area contributed by atoms with Gasteiger partial charge in [0.2, 0.25) is 5.91 Å². The Morgan fingerprint density at radius 1 is 1.19 bits per heavy atom. The average molecular weight is 286 g/mol. The fourth-order valence-corrected chi connectivity index (χ4v) is 3.50. The number of nitrogens with zero attached hydrogens (tertiary/aromatic N) is 2. The first-order valence-electron chi connectivity index (χ1n) is 8.10. The molecule has 1 aliphatic heterocycles. The maximum Gasteiger partial charge on any atom is 0.222 e. The van der Waals surface area contributed by atoms with Gasteiger partial charge in [-0.25, -0.2) is 0 Å². The summed E-state index contributed by atoms with van der Waals surface area (Å²) in [5.74, 6) is 1.00. The summed E-state index contributed by atoms with van der Waals surface area (Å²) >= 11 is 0. The lowest BCUT2D eigenvalue weighted by atomic mass is 9.95. The number of carbonyl (C=O) groups excluding carboxylic acids is 1. The summed E-state index contributed by atoms with van der Waals surface area (Å²) in [6, 6.07) is 10.7. The lowest BCUT2D eigenvalue weighted by Crippen LogP contribution is -2.47. The van der Waals surface area contributed by atoms with E-state index in [2.05, 4.69) is 49.2 Å². The predicted octanol–water partition coefficient (Wildman–Crippen LogP) is 2.73. The molecular formula is C18H26N2O. The molecule has 2 atom stereocenters. The van der Waals surface area contributed by atoms with Gasteiger partial charge in [-0.05, 0) is 36.8 Å². The molecule has 3 nitrogen and oxygen atoms in total. The Kier molecular flexibility index (Phi) is 4.03. The molecule has 0 bridgehead atoms. The molecular weight excluding hydrogens is 260 g/mol. The highest BCUT2D eigenvalue weighted by Crippen LogP contribution is 2.61. The maximum absolute atomic E-state index is 12.3. The smallest absolute Gasteiger partial charge is 0.222 e. The van der Waals surface area contributed by atoms with Crippen LogP contribution in [0, 0.1) is 5.41 Å². The van der Waals surface area contributed by atoms with Crippen LogP contribution in [-0.4, -0.2) is 48.9 Å². The molecule has 2 aliphatic rings. The van der Waals surface area contributed by atoms with E-state index in [1.54, 1.807) is 0 Å². The van der Waals surface area contributed by atoms with Gasteiger partial charge in [-0.2, -0.15) is 0 Å². The number of carbonyl (C=O) groups is 1. The molecule has 21 heavy (non-hydrogen) atoms. The van der Waals surface area contributed by atoms with E-state index in [4.69, 9.17) is 0 Å². The van der Waals surface area contributed by atoms with Gasteiger partial charge < -0.3 is 9.80 Å². The highest BCUT2D eigenvalue weighted by Gasteiger charge is 2.50. The van der Waals surface area contributed by atoms with E-state index in [9.17, 15) is 4.79 Å². The highest BCUT2D eigenvalue weighted by molar-refractivity contribution is 5.76. The molecule has 3 rings (SSSR count). The molecule has 1 heterocycles. The van der Waals surface area contributed by atoms with Crippen LogP contribution in [0.4, 0.5) is 0 Å². The molecule has 1 amide bonds. The van der Waals surface area contributed by atoms with Gasteiger partial charge in [-0.1, -0.05) is 37.3 Å². The molecule has 1 saturated heterocycles. The molecule has 1 saturated carbocycles. The number of rotatable bonds is 4. The molecule has 0 radical (unpaired) electrons. The fraction of sp³-hybridized carbons (Fsp3) is 0.611. The van der Waals surface area contributed by atoms with Crippen molar-refractivity contribution in [3.8, 4) is 0 Å². The quantitative estimate of drug-likeness (QED) is 0.849. The van der Waals surface area contributed by atoms with Crippen molar-refractivity contribution in [3.05, 3.63) is 35.9 Å². The van der Waals surface area contributed by atoms with E-state index in [1.165, 1.54) is 12.0 Å². The molecule has 0 unspecified atom stereocenters. The van der Waals surface area contributed by atoms with Crippen LogP contribution in [0.1, 0.15) is 37.7 Å². The van der Waals surface area contributed by atoms with Crippen LogP contribution < -0.4 is 0 Å². The molecule has 0 aromatic heterocycles. The van der Waals surface area contributed by atoms with Crippen LogP contribution in [0.5, 0.6) is 0 Å². The highest BCUT2D eigenvalue weighted by atomic mass is 16.2. The molecule has 0 N–H and O–H groups in total. The standard InChI is InChI=1S/C18H26N2O/c1-18(14-16(18)15-6-4-3-5-7-15)9-8-17(21)20-12-10-19(2)11-13-20/h3-7,16H,8-14H2,1-2H3/t16-,18+/m0/s1. The molecule has 3 heteroatoms. The Balaban J connectivity index is 1.49. The number of benzene rings is 1. The van der Waals surface area contributed by atoms with Gasteiger partial charge >= 0.3 is 0 Å². The molecule has 114 valence electrons. The maximum atomic E-state index is 12.3. The minimum absolute atomic E-state index is 0.337. The topological polar surface area (TPSA) is 23.6 Å². The largest absolute Gasteiger partial charge is 0.340 e. The molecule has 0 spiro atoms. The van der Waals surface area contributed by atoms with Gasteiger partial charge in [-0.15, -0.1) is 0 Å². The van der Waals surface area contributed by atoms with Crippen LogP contribution in [0.3, 0.4) is 0 Å². The fourth-order valence-electron chi connectivity index (χ4n) is 3.50. The van der Waals surface area contributed by atoms with Crippen LogP contribution in [-0.2, 0) is 4.79 Å². The van der Waals surface area contributed by atoms with Crippen molar-refractivity contribution in [3.63, 3.8) is 0 Å². The Hall–Kier alpha value is -1.35. The minimum Gasteiger partial charge on any atom is -0.340 e. The summed E-state index contributed by atoms with van der Waals surface area (Å²) in [5.41, 5.74) is 1.77. The van der Waals surface area contributed by atoms with E-state index in [-0.39, 0.29) is 0 Å². The molecule has 1 aromatic carbocycles. The number of hydrogen-bond acceptors (Lipinski definition) is 2. The van der Waals surface area contributed by atoms with Crippen molar-refractivity contribution in [2.24, 2.45) is 5.41 Å². The third-order valence-corrected chi connectivity index (χ3v) is 5.32. The number of hydrogen-bond donors (Lipinski definition) is 0. The van der Waals surface area contributed by atoms with Crippen molar-refractivity contribution in [1.82, 2.24) is 9.80 Å². The lowest BCUT2D eigenvalue weighted by molar-refractivity contribution is -0.133. The van der Waals surface area contributed by atoms with E-state index in [0.717, 1.165) is 32.6 Å². The van der Waals surface area contributed by atoms with Gasteiger partial charge in [0.05, 0.1) is 0 Å². The lowest BCUT2D eigenvalue weighted by Gasteiger charge is -2.32. The zero-order chi connectivity index (χ0) is 14.9. The van der Waals surface area contributed by atoms with Crippen LogP contribution in [0.15, 0.2) is 30.3 Å². The second-order valence-electron chi connectivity index (χ2n) is 7.01. The van der Waals surface area contributed by atoms with E-state index in [1.807, 2.05) is 4.90 Å². The first-order chi connectivity index (χ1) is 10.1. The normalized spacial score (nSPS) is 29.4. The third-order valence-electron chi connectivity index (χ3n) is 5.32. The second-order valence-corrected chi connectivity index (χ2v) is 7.01. The Labute approximate surface area is 127 Å². The minimum atomic E-state index is 0.337. The SMILES string of the molecule is CN1CCN(C(=O)CC[C@]2(C)C[C@H]2c2ccccc2)CC1. The summed E-state index contributed by atoms with van der Waals surface area (Å²) in [5, 5.41) is 0. The molecule has 2 fully saturated rings. The van der Waals surface area contributed by atoms with Gasteiger partial charge in [-0.3, -0.25) is 4.79 Å². The van der Waals surface area contributed by atoms with Crippen LogP contribution in [0.2, 0.25) is 0 Å². The number of amides is 1. The molecule has 1 aliphatic carbocycles. The Morgan fingerprint density at radius 3 is 2.52 bits per heavy atom. The number of piperazine rings is 1. The first-order valence-corrected chi connectivity index (χ1v) is 8.10. The van der Waals surface area contributed by atoms with E-state index in [0.29, 0.717) is 23.7 Å². The van der Waals surface area contributed by atoms with Gasteiger partial charge in [0.25, 0.3) is 0 Å². The van der Waals surface area contributed by atoms with Gasteiger partial charge in [0.1, 0.15) is 0 Å². The van der Waals surface area contributed by atoms with Crippen molar-refractivity contribution in [1.29, 1.82) is 0 Å². The van der Waals surface area contributed by atoms with Crippen LogP contribution >= 0.6 is 0 Å². The van der Waals surface area contributed by atoms with E-state index >= 15 is 0 Å². The third kappa shape index (κ3) is 3.29. The van der Waals surface area contributed by atoms with Crippen molar-refractivity contribution in [2.45, 2.75) is 32.1 Å². The second kappa shape index (κ2) is 5.80.